The maximum absolute atomic E-state index is 6.45. The van der Waals surface area contributed by atoms with E-state index in [1.807, 2.05) is 18.2 Å². The second kappa shape index (κ2) is 12.0. The fraction of sp³-hybridized carbons (Fsp3) is 0.0426. The van der Waals surface area contributed by atoms with Crippen molar-refractivity contribution >= 4 is 38.8 Å². The van der Waals surface area contributed by atoms with E-state index in [-0.39, 0.29) is 5.92 Å². The Hall–Kier alpha value is -6.65. The number of fused-ring (bicyclic) bond motifs is 5. The van der Waals surface area contributed by atoms with Gasteiger partial charge >= 0.3 is 0 Å². The number of benzene rings is 7. The van der Waals surface area contributed by atoms with Gasteiger partial charge in [-0.3, -0.25) is 0 Å². The van der Waals surface area contributed by atoms with Crippen LogP contribution in [0.25, 0.3) is 83.8 Å². The number of para-hydroxylation sites is 1. The van der Waals surface area contributed by atoms with Gasteiger partial charge in [0.2, 0.25) is 0 Å². The fourth-order valence-corrected chi connectivity index (χ4v) is 7.47. The summed E-state index contributed by atoms with van der Waals surface area (Å²) in [5.74, 6) is 2.04. The Labute approximate surface area is 295 Å². The molecule has 2 aromatic heterocycles. The lowest BCUT2D eigenvalue weighted by molar-refractivity contribution is 0.669. The number of aromatic nitrogens is 3. The maximum Gasteiger partial charge on any atom is 0.165 e. The third-order valence-corrected chi connectivity index (χ3v) is 10.1. The number of rotatable bonds is 5. The summed E-state index contributed by atoms with van der Waals surface area (Å²) in [6, 6.07) is 55.1. The first-order valence-electron chi connectivity index (χ1n) is 17.4. The van der Waals surface area contributed by atoms with E-state index in [1.165, 1.54) is 27.6 Å². The van der Waals surface area contributed by atoms with Gasteiger partial charge in [-0.2, -0.15) is 0 Å². The lowest BCUT2D eigenvalue weighted by atomic mass is 9.89. The van der Waals surface area contributed by atoms with Gasteiger partial charge in [0.15, 0.2) is 11.6 Å². The van der Waals surface area contributed by atoms with Crippen LogP contribution < -0.4 is 0 Å². The van der Waals surface area contributed by atoms with E-state index >= 15 is 0 Å². The molecular weight excluding hydrogens is 623 g/mol. The van der Waals surface area contributed by atoms with Gasteiger partial charge in [-0.25, -0.2) is 15.0 Å². The minimum atomic E-state index is -0.00485. The largest absolute Gasteiger partial charge is 0.456 e. The van der Waals surface area contributed by atoms with Crippen LogP contribution in [0.3, 0.4) is 0 Å². The van der Waals surface area contributed by atoms with Crippen molar-refractivity contribution in [1.29, 1.82) is 0 Å². The van der Waals surface area contributed by atoms with Crippen LogP contribution in [0.4, 0.5) is 0 Å². The topological polar surface area (TPSA) is 51.8 Å². The molecule has 10 rings (SSSR count). The van der Waals surface area contributed by atoms with Crippen molar-refractivity contribution in [2.75, 3.05) is 0 Å². The van der Waals surface area contributed by atoms with Crippen molar-refractivity contribution in [1.82, 2.24) is 15.0 Å². The zero-order valence-corrected chi connectivity index (χ0v) is 27.7. The molecule has 0 spiro atoms. The summed E-state index contributed by atoms with van der Waals surface area (Å²) in [5, 5.41) is 4.36. The fourth-order valence-electron chi connectivity index (χ4n) is 7.47. The molecule has 51 heavy (non-hydrogen) atoms. The zero-order valence-electron chi connectivity index (χ0n) is 27.7. The standard InChI is InChI=1S/C47H31N3O/c1-2-10-30(11-3-1)33-18-22-34(23-19-33)39-26-27-42-43(40-16-8-9-17-41(40)51-42)44(39)47-49-45(37-24-20-31-12-4-6-14-35(31)28-37)48-46(50-47)38-25-21-32-13-5-7-15-36(32)29-38/h1-28,38H,29H2. The summed E-state index contributed by atoms with van der Waals surface area (Å²) < 4.78 is 6.45. The second-order valence-corrected chi connectivity index (χ2v) is 13.2. The normalized spacial score (nSPS) is 13.9. The summed E-state index contributed by atoms with van der Waals surface area (Å²) in [6.07, 6.45) is 5.26. The molecule has 1 aliphatic carbocycles. The van der Waals surface area contributed by atoms with Crippen LogP contribution >= 0.6 is 0 Å². The zero-order chi connectivity index (χ0) is 33.7. The summed E-state index contributed by atoms with van der Waals surface area (Å²) in [6.45, 7) is 0. The first-order valence-corrected chi connectivity index (χ1v) is 17.4. The van der Waals surface area contributed by atoms with E-state index in [1.54, 1.807) is 0 Å². The Bertz CT molecular complexity index is 2780. The number of hydrogen-bond acceptors (Lipinski definition) is 4. The number of nitrogens with zero attached hydrogens (tertiary/aromatic N) is 3. The van der Waals surface area contributed by atoms with Gasteiger partial charge in [-0.1, -0.05) is 146 Å². The van der Waals surface area contributed by atoms with Crippen LogP contribution in [-0.4, -0.2) is 15.0 Å². The van der Waals surface area contributed by atoms with Crippen LogP contribution in [0.1, 0.15) is 22.9 Å². The highest BCUT2D eigenvalue weighted by Crippen LogP contribution is 2.43. The van der Waals surface area contributed by atoms with E-state index in [2.05, 4.69) is 152 Å². The number of furan rings is 1. The Morgan fingerprint density at radius 2 is 1.22 bits per heavy atom. The first kappa shape index (κ1) is 29.3. The number of allylic oxidation sites excluding steroid dienone is 1. The van der Waals surface area contributed by atoms with Crippen LogP contribution in [0.15, 0.2) is 168 Å². The van der Waals surface area contributed by atoms with Gasteiger partial charge < -0.3 is 4.42 Å². The molecule has 0 bridgehead atoms. The lowest BCUT2D eigenvalue weighted by Crippen LogP contribution is -2.12. The molecule has 0 saturated carbocycles. The molecule has 0 saturated heterocycles. The van der Waals surface area contributed by atoms with E-state index in [0.717, 1.165) is 61.8 Å². The molecule has 2 heterocycles. The van der Waals surface area contributed by atoms with Gasteiger partial charge in [-0.05, 0) is 74.8 Å². The van der Waals surface area contributed by atoms with Crippen molar-refractivity contribution in [2.45, 2.75) is 12.3 Å². The van der Waals surface area contributed by atoms with Gasteiger partial charge in [0.05, 0.1) is 0 Å². The highest BCUT2D eigenvalue weighted by molar-refractivity contribution is 6.15. The van der Waals surface area contributed by atoms with Gasteiger partial charge in [-0.15, -0.1) is 0 Å². The Balaban J connectivity index is 1.22. The Morgan fingerprint density at radius 3 is 2.12 bits per heavy atom. The molecule has 0 N–H and O–H groups in total. The summed E-state index contributed by atoms with van der Waals surface area (Å²) >= 11 is 0. The molecule has 0 radical (unpaired) electrons. The van der Waals surface area contributed by atoms with E-state index in [4.69, 9.17) is 19.4 Å². The van der Waals surface area contributed by atoms with Crippen molar-refractivity contribution in [3.05, 3.63) is 181 Å². The van der Waals surface area contributed by atoms with E-state index in [9.17, 15) is 0 Å². The van der Waals surface area contributed by atoms with Crippen molar-refractivity contribution in [3.63, 3.8) is 0 Å². The molecule has 0 aliphatic heterocycles. The SMILES string of the molecule is C1=CC(c2nc(-c3ccc4ccccc4c3)nc(-c3c(-c4ccc(-c5ccccc5)cc4)ccc4oc5ccccc5c34)n2)Cc2ccccc21. The summed E-state index contributed by atoms with van der Waals surface area (Å²) in [4.78, 5) is 15.9. The molecule has 1 unspecified atom stereocenters. The van der Waals surface area contributed by atoms with Crippen LogP contribution in [-0.2, 0) is 6.42 Å². The average molecular weight is 654 g/mol. The average Bonchev–Trinajstić information content (AvgIpc) is 3.59. The molecule has 0 fully saturated rings. The molecule has 0 amide bonds. The van der Waals surface area contributed by atoms with Gasteiger partial charge in [0, 0.05) is 27.8 Å². The Morgan fingerprint density at radius 1 is 0.510 bits per heavy atom. The van der Waals surface area contributed by atoms with Gasteiger partial charge in [0.1, 0.15) is 17.0 Å². The summed E-state index contributed by atoms with van der Waals surface area (Å²) in [5.41, 5.74) is 10.5. The molecule has 1 aliphatic rings. The predicted octanol–water partition coefficient (Wildman–Crippen LogP) is 11.9. The first-order chi connectivity index (χ1) is 25.2. The highest BCUT2D eigenvalue weighted by Gasteiger charge is 2.25. The van der Waals surface area contributed by atoms with Crippen molar-refractivity contribution in [3.8, 4) is 45.0 Å². The quantitative estimate of drug-likeness (QED) is 0.185. The lowest BCUT2D eigenvalue weighted by Gasteiger charge is -2.20. The molecule has 9 aromatic rings. The third kappa shape index (κ3) is 5.20. The molecule has 4 nitrogen and oxygen atoms in total. The van der Waals surface area contributed by atoms with Crippen molar-refractivity contribution in [2.24, 2.45) is 0 Å². The monoisotopic (exact) mass is 653 g/mol. The van der Waals surface area contributed by atoms with Crippen LogP contribution in [0.2, 0.25) is 0 Å². The molecule has 1 atom stereocenters. The minimum Gasteiger partial charge on any atom is -0.456 e. The number of hydrogen-bond donors (Lipinski definition) is 0. The third-order valence-electron chi connectivity index (χ3n) is 10.1. The van der Waals surface area contributed by atoms with E-state index in [0.29, 0.717) is 11.6 Å². The molecule has 7 aromatic carbocycles. The Kier molecular flexibility index (Phi) is 6.91. The smallest absolute Gasteiger partial charge is 0.165 e. The molecule has 4 heteroatoms. The van der Waals surface area contributed by atoms with Crippen LogP contribution in [0, 0.1) is 0 Å². The predicted molar refractivity (Wildman–Crippen MR) is 208 cm³/mol. The van der Waals surface area contributed by atoms with E-state index < -0.39 is 0 Å². The summed E-state index contributed by atoms with van der Waals surface area (Å²) in [7, 11) is 0. The second-order valence-electron chi connectivity index (χ2n) is 13.2. The maximum atomic E-state index is 6.45. The van der Waals surface area contributed by atoms with Gasteiger partial charge in [0.25, 0.3) is 0 Å². The van der Waals surface area contributed by atoms with Crippen molar-refractivity contribution < 1.29 is 4.42 Å². The minimum absolute atomic E-state index is 0.00485. The molecular formula is C47H31N3O. The van der Waals surface area contributed by atoms with Crippen LogP contribution in [0.5, 0.6) is 0 Å². The molecule has 240 valence electrons. The highest BCUT2D eigenvalue weighted by atomic mass is 16.3.